The molecule has 1 saturated heterocycles. The van der Waals surface area contributed by atoms with E-state index in [0.717, 1.165) is 23.4 Å². The molecule has 1 aliphatic heterocycles. The summed E-state index contributed by atoms with van der Waals surface area (Å²) in [7, 11) is 0. The number of rotatable bonds is 1. The molecule has 2 heterocycles. The van der Waals surface area contributed by atoms with E-state index in [0.29, 0.717) is 0 Å². The number of hydrogen-bond donors (Lipinski definition) is 0. The molecule has 1 unspecified atom stereocenters. The highest BCUT2D eigenvalue weighted by Crippen LogP contribution is 2.28. The first-order valence-electron chi connectivity index (χ1n) is 5.36. The van der Waals surface area contributed by atoms with Crippen LogP contribution in [0, 0.1) is 0 Å². The Balaban J connectivity index is 2.25. The predicted molar refractivity (Wildman–Crippen MR) is 66.6 cm³/mol. The Kier molecular flexibility index (Phi) is 3.17. The van der Waals surface area contributed by atoms with Crippen LogP contribution in [0.5, 0.6) is 0 Å². The quantitative estimate of drug-likeness (QED) is 0.793. The third-order valence-corrected chi connectivity index (χ3v) is 3.08. The van der Waals surface area contributed by atoms with Crippen molar-refractivity contribution in [3.63, 3.8) is 0 Å². The Hall–Kier alpha value is -0.680. The minimum atomic E-state index is -0.137. The van der Waals surface area contributed by atoms with Crippen LogP contribution in [0.3, 0.4) is 0 Å². The molecule has 4 nitrogen and oxygen atoms in total. The van der Waals surface area contributed by atoms with Crippen molar-refractivity contribution >= 4 is 21.7 Å². The van der Waals surface area contributed by atoms with Gasteiger partial charge in [0, 0.05) is 19.3 Å². The first kappa shape index (κ1) is 11.8. The molecule has 0 bridgehead atoms. The molecule has 0 amide bonds. The van der Waals surface area contributed by atoms with Crippen molar-refractivity contribution in [3.05, 3.63) is 17.0 Å². The molecule has 0 spiro atoms. The van der Waals surface area contributed by atoms with E-state index >= 15 is 0 Å². The predicted octanol–water partition coefficient (Wildman–Crippen LogP) is 2.24. The van der Waals surface area contributed by atoms with Gasteiger partial charge in [0.25, 0.3) is 0 Å². The molecule has 1 aliphatic rings. The zero-order valence-corrected chi connectivity index (χ0v) is 11.4. The molecule has 16 heavy (non-hydrogen) atoms. The van der Waals surface area contributed by atoms with Gasteiger partial charge in [-0.15, -0.1) is 0 Å². The van der Waals surface area contributed by atoms with Crippen LogP contribution < -0.4 is 4.90 Å². The summed E-state index contributed by atoms with van der Waals surface area (Å²) in [6, 6.07) is 0. The normalized spacial score (nSPS) is 24.5. The Morgan fingerprint density at radius 1 is 1.56 bits per heavy atom. The van der Waals surface area contributed by atoms with Crippen molar-refractivity contribution in [2.24, 2.45) is 0 Å². The minimum Gasteiger partial charge on any atom is -0.369 e. The maximum absolute atomic E-state index is 5.86. The molecule has 1 aromatic rings. The Labute approximate surface area is 104 Å². The zero-order valence-electron chi connectivity index (χ0n) is 9.77. The largest absolute Gasteiger partial charge is 0.369 e. The van der Waals surface area contributed by atoms with Crippen LogP contribution in [-0.4, -0.2) is 34.8 Å². The fourth-order valence-corrected chi connectivity index (χ4v) is 2.63. The van der Waals surface area contributed by atoms with E-state index in [1.807, 2.05) is 0 Å². The van der Waals surface area contributed by atoms with E-state index in [-0.39, 0.29) is 11.7 Å². The first-order chi connectivity index (χ1) is 7.48. The molecular weight excluding hydrogens is 270 g/mol. The second kappa shape index (κ2) is 4.30. The SMILES string of the molecule is CC1CN(c2ncncc2Br)CC(C)(C)O1. The van der Waals surface area contributed by atoms with Crippen molar-refractivity contribution in [1.29, 1.82) is 0 Å². The third-order valence-electron chi connectivity index (χ3n) is 2.52. The molecule has 0 aromatic carbocycles. The van der Waals surface area contributed by atoms with Crippen LogP contribution in [0.2, 0.25) is 0 Å². The molecule has 1 atom stereocenters. The number of anilines is 1. The van der Waals surface area contributed by atoms with Gasteiger partial charge < -0.3 is 9.64 Å². The average Bonchev–Trinajstić information content (AvgIpc) is 2.15. The van der Waals surface area contributed by atoms with Gasteiger partial charge in [-0.25, -0.2) is 9.97 Å². The van der Waals surface area contributed by atoms with E-state index in [1.54, 1.807) is 12.5 Å². The molecule has 1 aromatic heterocycles. The van der Waals surface area contributed by atoms with Crippen molar-refractivity contribution in [3.8, 4) is 0 Å². The van der Waals surface area contributed by atoms with Gasteiger partial charge in [0.05, 0.1) is 16.2 Å². The van der Waals surface area contributed by atoms with Crippen LogP contribution in [0.25, 0.3) is 0 Å². The second-order valence-corrected chi connectivity index (χ2v) is 5.62. The van der Waals surface area contributed by atoms with Crippen molar-refractivity contribution in [1.82, 2.24) is 9.97 Å². The monoisotopic (exact) mass is 285 g/mol. The highest BCUT2D eigenvalue weighted by atomic mass is 79.9. The van der Waals surface area contributed by atoms with Gasteiger partial charge >= 0.3 is 0 Å². The zero-order chi connectivity index (χ0) is 11.8. The third kappa shape index (κ3) is 2.52. The van der Waals surface area contributed by atoms with Crippen molar-refractivity contribution in [2.75, 3.05) is 18.0 Å². The number of nitrogens with zero attached hydrogens (tertiary/aromatic N) is 3. The fraction of sp³-hybridized carbons (Fsp3) is 0.636. The summed E-state index contributed by atoms with van der Waals surface area (Å²) in [5.74, 6) is 0.943. The number of hydrogen-bond acceptors (Lipinski definition) is 4. The lowest BCUT2D eigenvalue weighted by Crippen LogP contribution is -2.52. The summed E-state index contributed by atoms with van der Waals surface area (Å²) in [5.41, 5.74) is -0.137. The van der Waals surface area contributed by atoms with Crippen LogP contribution in [0.1, 0.15) is 20.8 Å². The maximum atomic E-state index is 5.86. The van der Waals surface area contributed by atoms with E-state index in [9.17, 15) is 0 Å². The highest BCUT2D eigenvalue weighted by Gasteiger charge is 2.32. The summed E-state index contributed by atoms with van der Waals surface area (Å²) in [6.07, 6.45) is 3.56. The maximum Gasteiger partial charge on any atom is 0.146 e. The summed E-state index contributed by atoms with van der Waals surface area (Å²) < 4.78 is 6.80. The molecule has 0 radical (unpaired) electrons. The Morgan fingerprint density at radius 2 is 2.31 bits per heavy atom. The molecule has 1 fully saturated rings. The number of aromatic nitrogens is 2. The molecule has 2 rings (SSSR count). The fourth-order valence-electron chi connectivity index (χ4n) is 2.15. The van der Waals surface area contributed by atoms with Gasteiger partial charge in [-0.2, -0.15) is 0 Å². The van der Waals surface area contributed by atoms with Crippen LogP contribution in [0.15, 0.2) is 17.0 Å². The molecule has 88 valence electrons. The Morgan fingerprint density at radius 3 is 2.94 bits per heavy atom. The smallest absolute Gasteiger partial charge is 0.146 e. The van der Waals surface area contributed by atoms with Gasteiger partial charge in [-0.05, 0) is 36.7 Å². The molecular formula is C11H16BrN3O. The lowest BCUT2D eigenvalue weighted by atomic mass is 10.1. The number of morpholine rings is 1. The second-order valence-electron chi connectivity index (χ2n) is 4.76. The summed E-state index contributed by atoms with van der Waals surface area (Å²) in [5, 5.41) is 0. The van der Waals surface area contributed by atoms with Gasteiger partial charge in [0.1, 0.15) is 12.1 Å². The van der Waals surface area contributed by atoms with Crippen LogP contribution in [-0.2, 0) is 4.74 Å². The van der Waals surface area contributed by atoms with Gasteiger partial charge in [0.2, 0.25) is 0 Å². The first-order valence-corrected chi connectivity index (χ1v) is 6.15. The van der Waals surface area contributed by atoms with Crippen molar-refractivity contribution in [2.45, 2.75) is 32.5 Å². The lowest BCUT2D eigenvalue weighted by molar-refractivity contribution is -0.0752. The van der Waals surface area contributed by atoms with E-state index in [1.165, 1.54) is 0 Å². The van der Waals surface area contributed by atoms with Crippen LogP contribution in [0.4, 0.5) is 5.82 Å². The van der Waals surface area contributed by atoms with E-state index in [4.69, 9.17) is 4.74 Å². The number of ether oxygens (including phenoxy) is 1. The summed E-state index contributed by atoms with van der Waals surface area (Å²) in [6.45, 7) is 7.99. The number of halogens is 1. The molecule has 0 saturated carbocycles. The summed E-state index contributed by atoms with van der Waals surface area (Å²) >= 11 is 3.48. The molecule has 0 aliphatic carbocycles. The van der Waals surface area contributed by atoms with E-state index < -0.39 is 0 Å². The topological polar surface area (TPSA) is 38.2 Å². The van der Waals surface area contributed by atoms with Gasteiger partial charge in [-0.1, -0.05) is 0 Å². The minimum absolute atomic E-state index is 0.137. The highest BCUT2D eigenvalue weighted by molar-refractivity contribution is 9.10. The van der Waals surface area contributed by atoms with E-state index in [2.05, 4.69) is 51.6 Å². The average molecular weight is 286 g/mol. The van der Waals surface area contributed by atoms with Gasteiger partial charge in [-0.3, -0.25) is 0 Å². The van der Waals surface area contributed by atoms with Crippen molar-refractivity contribution < 1.29 is 4.74 Å². The van der Waals surface area contributed by atoms with Crippen LogP contribution >= 0.6 is 15.9 Å². The van der Waals surface area contributed by atoms with Gasteiger partial charge in [0.15, 0.2) is 0 Å². The molecule has 0 N–H and O–H groups in total. The summed E-state index contributed by atoms with van der Waals surface area (Å²) in [4.78, 5) is 10.5. The Bertz CT molecular complexity index is 383. The lowest BCUT2D eigenvalue weighted by Gasteiger charge is -2.42. The standard InChI is InChI=1S/C11H16BrN3O/c1-8-5-15(6-11(2,3)16-8)10-9(12)4-13-7-14-10/h4,7-8H,5-6H2,1-3H3. The molecule has 5 heteroatoms.